The molecule has 1 saturated heterocycles. The molecule has 0 unspecified atom stereocenters. The first-order valence-corrected chi connectivity index (χ1v) is 8.94. The molecule has 0 N–H and O–H groups in total. The number of nitrogens with zero attached hydrogens (tertiary/aromatic N) is 3. The van der Waals surface area contributed by atoms with Crippen LogP contribution in [0.3, 0.4) is 0 Å². The summed E-state index contributed by atoms with van der Waals surface area (Å²) in [6, 6.07) is 0. The Morgan fingerprint density at radius 3 is 2.21 bits per heavy atom. The molecule has 0 aromatic carbocycles. The van der Waals surface area contributed by atoms with E-state index in [0.29, 0.717) is 0 Å². The predicted octanol–water partition coefficient (Wildman–Crippen LogP) is 0.432. The van der Waals surface area contributed by atoms with E-state index in [1.54, 1.807) is 6.92 Å². The first-order valence-electron chi connectivity index (χ1n) is 8.56. The monoisotopic (exact) mass is 433 g/mol. The van der Waals surface area contributed by atoms with Crippen LogP contribution in [0.4, 0.5) is 0 Å². The lowest BCUT2D eigenvalue weighted by molar-refractivity contribution is -0.166. The second-order valence-corrected chi connectivity index (χ2v) is 6.27. The topological polar surface area (TPSA) is 145 Å². The summed E-state index contributed by atoms with van der Waals surface area (Å²) in [6.07, 6.45) is -4.55. The summed E-state index contributed by atoms with van der Waals surface area (Å²) in [5, 5.41) is 7.21. The van der Waals surface area contributed by atoms with Crippen molar-refractivity contribution in [2.75, 3.05) is 13.2 Å². The van der Waals surface area contributed by atoms with E-state index in [4.69, 9.17) is 35.3 Å². The van der Waals surface area contributed by atoms with E-state index in [-0.39, 0.29) is 24.1 Å². The molecule has 12 nitrogen and oxygen atoms in total. The van der Waals surface area contributed by atoms with Crippen molar-refractivity contribution in [1.29, 1.82) is 0 Å². The van der Waals surface area contributed by atoms with Crippen LogP contribution in [0.15, 0.2) is 0 Å². The van der Waals surface area contributed by atoms with Crippen molar-refractivity contribution in [3.63, 3.8) is 0 Å². The van der Waals surface area contributed by atoms with E-state index < -0.39 is 48.4 Å². The molecule has 29 heavy (non-hydrogen) atoms. The van der Waals surface area contributed by atoms with Crippen LogP contribution in [-0.2, 0) is 38.1 Å². The van der Waals surface area contributed by atoms with Crippen molar-refractivity contribution in [1.82, 2.24) is 15.0 Å². The molecule has 1 aromatic rings. The first kappa shape index (κ1) is 22.6. The van der Waals surface area contributed by atoms with Gasteiger partial charge in [0.1, 0.15) is 12.7 Å². The zero-order valence-electron chi connectivity index (χ0n) is 16.1. The number of ether oxygens (including phenoxy) is 5. The Hall–Kier alpha value is -2.73. The number of carbonyl (C=O) groups excluding carboxylic acids is 4. The minimum atomic E-state index is -1.22. The number of carbonyl (C=O) groups is 4. The Balaban J connectivity index is 2.39. The summed E-state index contributed by atoms with van der Waals surface area (Å²) in [4.78, 5) is 46.2. The summed E-state index contributed by atoms with van der Waals surface area (Å²) in [5.41, 5.74) is -0.272. The zero-order chi connectivity index (χ0) is 21.7. The molecular formula is C16H20ClN3O9. The van der Waals surface area contributed by atoms with Gasteiger partial charge in [0.05, 0.1) is 6.61 Å². The molecular weight excluding hydrogens is 414 g/mol. The molecule has 0 saturated carbocycles. The van der Waals surface area contributed by atoms with E-state index in [9.17, 15) is 19.2 Å². The van der Waals surface area contributed by atoms with Gasteiger partial charge in [-0.15, -0.1) is 5.10 Å². The third-order valence-electron chi connectivity index (χ3n) is 3.69. The molecule has 13 heteroatoms. The van der Waals surface area contributed by atoms with Crippen molar-refractivity contribution in [2.24, 2.45) is 0 Å². The van der Waals surface area contributed by atoms with Crippen LogP contribution in [0, 0.1) is 0 Å². The highest BCUT2D eigenvalue weighted by Gasteiger charge is 2.52. The summed E-state index contributed by atoms with van der Waals surface area (Å²) in [6.45, 7) is 4.90. The lowest BCUT2D eigenvalue weighted by Gasteiger charge is -2.23. The SMILES string of the molecule is CCOC(=O)c1nnn([C@@H]2O[C@H](COC(C)=O)[C@@H](OC(C)=O)[C@H]2OC(C)=O)c1Cl. The lowest BCUT2D eigenvalue weighted by Crippen LogP contribution is -2.40. The van der Waals surface area contributed by atoms with E-state index >= 15 is 0 Å². The van der Waals surface area contributed by atoms with Gasteiger partial charge in [0.15, 0.2) is 23.6 Å². The van der Waals surface area contributed by atoms with Crippen LogP contribution in [0.25, 0.3) is 0 Å². The maximum atomic E-state index is 11.9. The van der Waals surface area contributed by atoms with Crippen LogP contribution in [-0.4, -0.2) is 70.4 Å². The van der Waals surface area contributed by atoms with Gasteiger partial charge in [-0.1, -0.05) is 16.8 Å². The van der Waals surface area contributed by atoms with Gasteiger partial charge in [-0.3, -0.25) is 14.4 Å². The van der Waals surface area contributed by atoms with E-state index in [2.05, 4.69) is 10.3 Å². The van der Waals surface area contributed by atoms with Crippen LogP contribution >= 0.6 is 11.6 Å². The Morgan fingerprint density at radius 2 is 1.66 bits per heavy atom. The molecule has 1 fully saturated rings. The van der Waals surface area contributed by atoms with Crippen LogP contribution < -0.4 is 0 Å². The van der Waals surface area contributed by atoms with Crippen LogP contribution in [0.1, 0.15) is 44.4 Å². The zero-order valence-corrected chi connectivity index (χ0v) is 16.9. The highest BCUT2D eigenvalue weighted by Crippen LogP contribution is 2.36. The minimum Gasteiger partial charge on any atom is -0.463 e. The van der Waals surface area contributed by atoms with Crippen molar-refractivity contribution in [3.8, 4) is 0 Å². The Kier molecular flexibility index (Phi) is 7.51. The van der Waals surface area contributed by atoms with Gasteiger partial charge in [0.2, 0.25) is 5.69 Å². The average molecular weight is 434 g/mol. The fraction of sp³-hybridized carbons (Fsp3) is 0.625. The highest BCUT2D eigenvalue weighted by atomic mass is 35.5. The smallest absolute Gasteiger partial charge is 0.362 e. The van der Waals surface area contributed by atoms with Crippen molar-refractivity contribution in [3.05, 3.63) is 10.8 Å². The van der Waals surface area contributed by atoms with E-state index in [1.165, 1.54) is 6.92 Å². The maximum absolute atomic E-state index is 11.9. The Morgan fingerprint density at radius 1 is 1.03 bits per heavy atom. The molecule has 2 rings (SSSR count). The van der Waals surface area contributed by atoms with Gasteiger partial charge < -0.3 is 23.7 Å². The minimum absolute atomic E-state index is 0.0943. The van der Waals surface area contributed by atoms with Gasteiger partial charge in [0.25, 0.3) is 0 Å². The van der Waals surface area contributed by atoms with Gasteiger partial charge >= 0.3 is 23.9 Å². The highest BCUT2D eigenvalue weighted by molar-refractivity contribution is 6.32. The van der Waals surface area contributed by atoms with Gasteiger partial charge in [0, 0.05) is 20.8 Å². The largest absolute Gasteiger partial charge is 0.463 e. The molecule has 2 heterocycles. The molecule has 1 aliphatic rings. The molecule has 1 aliphatic heterocycles. The molecule has 0 aliphatic carbocycles. The summed E-state index contributed by atoms with van der Waals surface area (Å²) >= 11 is 6.19. The normalized spacial score (nSPS) is 23.3. The molecule has 0 amide bonds. The predicted molar refractivity (Wildman–Crippen MR) is 92.6 cm³/mol. The van der Waals surface area contributed by atoms with Crippen molar-refractivity contribution in [2.45, 2.75) is 52.2 Å². The van der Waals surface area contributed by atoms with Crippen molar-refractivity contribution < 1.29 is 42.9 Å². The number of hydrogen-bond acceptors (Lipinski definition) is 11. The Labute approximate surface area is 170 Å². The standard InChI is InChI=1S/C16H20ClN3O9/c1-5-25-16(24)11-14(17)20(19-18-11)15-13(28-9(4)23)12(27-8(3)22)10(29-15)6-26-7(2)21/h10,12-13,15H,5-6H2,1-4H3/t10-,12-,13-,15-/m1/s1. The summed E-state index contributed by atoms with van der Waals surface area (Å²) < 4.78 is 27.0. The Bertz CT molecular complexity index is 797. The second-order valence-electron chi connectivity index (χ2n) is 5.91. The number of hydrogen-bond donors (Lipinski definition) is 0. The molecule has 0 radical (unpaired) electrons. The number of esters is 4. The maximum Gasteiger partial charge on any atom is 0.362 e. The number of rotatable bonds is 7. The number of aromatic nitrogens is 3. The van der Waals surface area contributed by atoms with Crippen molar-refractivity contribution >= 4 is 35.5 Å². The quantitative estimate of drug-likeness (QED) is 0.435. The van der Waals surface area contributed by atoms with Gasteiger partial charge in [-0.05, 0) is 6.92 Å². The fourth-order valence-electron chi connectivity index (χ4n) is 2.66. The molecule has 1 aromatic heterocycles. The molecule has 160 valence electrons. The average Bonchev–Trinajstić information content (AvgIpc) is 3.14. The molecule has 4 atom stereocenters. The van der Waals surface area contributed by atoms with E-state index in [0.717, 1.165) is 18.5 Å². The van der Waals surface area contributed by atoms with Crippen LogP contribution in [0.5, 0.6) is 0 Å². The van der Waals surface area contributed by atoms with Gasteiger partial charge in [-0.2, -0.15) is 0 Å². The first-order chi connectivity index (χ1) is 13.6. The fourth-order valence-corrected chi connectivity index (χ4v) is 2.90. The molecule has 0 bridgehead atoms. The van der Waals surface area contributed by atoms with E-state index in [1.807, 2.05) is 0 Å². The second kappa shape index (κ2) is 9.65. The lowest BCUT2D eigenvalue weighted by atomic mass is 10.1. The number of halogens is 1. The third-order valence-corrected chi connectivity index (χ3v) is 4.04. The van der Waals surface area contributed by atoms with Crippen LogP contribution in [0.2, 0.25) is 5.15 Å². The summed E-state index contributed by atoms with van der Waals surface area (Å²) in [5.74, 6) is -2.78. The molecule has 0 spiro atoms. The summed E-state index contributed by atoms with van der Waals surface area (Å²) in [7, 11) is 0. The van der Waals surface area contributed by atoms with Gasteiger partial charge in [-0.25, -0.2) is 9.48 Å². The third kappa shape index (κ3) is 5.41.